The van der Waals surface area contributed by atoms with Gasteiger partial charge in [0.1, 0.15) is 12.2 Å². The molecular weight excluding hydrogens is 388 g/mol. The van der Waals surface area contributed by atoms with Gasteiger partial charge in [-0.15, -0.1) is 0 Å². The molecule has 0 aromatic carbocycles. The van der Waals surface area contributed by atoms with E-state index in [4.69, 9.17) is 4.98 Å². The summed E-state index contributed by atoms with van der Waals surface area (Å²) < 4.78 is 2.29. The predicted octanol–water partition coefficient (Wildman–Crippen LogP) is 3.71. The van der Waals surface area contributed by atoms with Gasteiger partial charge in [-0.2, -0.15) is 0 Å². The van der Waals surface area contributed by atoms with Crippen LogP contribution in [0, 0.1) is 17.8 Å². The summed E-state index contributed by atoms with van der Waals surface area (Å²) in [6.45, 7) is 7.32. The monoisotopic (exact) mass is 424 g/mol. The maximum atomic E-state index is 13.0. The quantitative estimate of drug-likeness (QED) is 0.813. The fraction of sp³-hybridized carbons (Fsp3) is 0.750. The Bertz CT molecular complexity index is 932. The van der Waals surface area contributed by atoms with Crippen LogP contribution in [0.4, 0.5) is 5.82 Å². The minimum atomic E-state index is 0.108. The second kappa shape index (κ2) is 8.75. The van der Waals surface area contributed by atoms with Crippen molar-refractivity contribution in [2.75, 3.05) is 18.0 Å². The third-order valence-electron chi connectivity index (χ3n) is 8.07. The lowest BCUT2D eigenvalue weighted by atomic mass is 9.78. The second-order valence-corrected chi connectivity index (χ2v) is 10.0. The van der Waals surface area contributed by atoms with E-state index in [1.165, 1.54) is 32.1 Å². The molecule has 2 aromatic heterocycles. The van der Waals surface area contributed by atoms with Crippen LogP contribution in [-0.2, 0) is 17.8 Å². The Morgan fingerprint density at radius 3 is 2.68 bits per heavy atom. The van der Waals surface area contributed by atoms with Crippen molar-refractivity contribution in [3.63, 3.8) is 0 Å². The third-order valence-corrected chi connectivity index (χ3v) is 8.07. The molecule has 2 fully saturated rings. The van der Waals surface area contributed by atoms with Crippen LogP contribution in [0.25, 0.3) is 11.2 Å². The molecule has 5 rings (SSSR count). The van der Waals surface area contributed by atoms with Gasteiger partial charge in [0.25, 0.3) is 0 Å². The van der Waals surface area contributed by atoms with E-state index in [1.54, 1.807) is 6.33 Å². The summed E-state index contributed by atoms with van der Waals surface area (Å²) in [6, 6.07) is 0.344. The van der Waals surface area contributed by atoms with Crippen molar-refractivity contribution in [2.24, 2.45) is 17.8 Å². The highest BCUT2D eigenvalue weighted by molar-refractivity contribution is 5.84. The number of carbonyl (C=O) groups is 1. The summed E-state index contributed by atoms with van der Waals surface area (Å²) in [6.07, 6.45) is 11.8. The van der Waals surface area contributed by atoms with E-state index in [-0.39, 0.29) is 11.8 Å². The zero-order valence-corrected chi connectivity index (χ0v) is 19.0. The average Bonchev–Trinajstić information content (AvgIpc) is 2.98. The molecule has 168 valence electrons. The Kier molecular flexibility index (Phi) is 5.85. The summed E-state index contributed by atoms with van der Waals surface area (Å²) >= 11 is 0. The molecule has 3 aliphatic rings. The van der Waals surface area contributed by atoms with Crippen LogP contribution < -0.4 is 10.2 Å². The second-order valence-electron chi connectivity index (χ2n) is 10.0. The summed E-state index contributed by atoms with van der Waals surface area (Å²) in [4.78, 5) is 29.4. The number of nitrogens with zero attached hydrogens (tertiary/aromatic N) is 5. The topological polar surface area (TPSA) is 75.9 Å². The van der Waals surface area contributed by atoms with Gasteiger partial charge >= 0.3 is 0 Å². The summed E-state index contributed by atoms with van der Waals surface area (Å²) in [5.41, 5.74) is 1.91. The van der Waals surface area contributed by atoms with Gasteiger partial charge in [-0.3, -0.25) is 4.79 Å². The molecule has 7 heteroatoms. The molecule has 2 aliphatic heterocycles. The van der Waals surface area contributed by atoms with Crippen LogP contribution in [0.3, 0.4) is 0 Å². The van der Waals surface area contributed by atoms with Crippen LogP contribution in [0.1, 0.15) is 71.0 Å². The maximum Gasteiger partial charge on any atom is 0.223 e. The number of nitrogens with one attached hydrogen (secondary N) is 1. The van der Waals surface area contributed by atoms with Crippen molar-refractivity contribution in [1.82, 2.24) is 24.8 Å². The van der Waals surface area contributed by atoms with Gasteiger partial charge in [0.2, 0.25) is 5.91 Å². The highest BCUT2D eigenvalue weighted by Crippen LogP contribution is 2.32. The molecule has 3 atom stereocenters. The number of anilines is 1. The summed E-state index contributed by atoms with van der Waals surface area (Å²) in [5.74, 6) is 3.73. The first-order chi connectivity index (χ1) is 15.1. The van der Waals surface area contributed by atoms with Crippen molar-refractivity contribution < 1.29 is 4.79 Å². The lowest BCUT2D eigenvalue weighted by Crippen LogP contribution is -2.48. The smallest absolute Gasteiger partial charge is 0.223 e. The van der Waals surface area contributed by atoms with Crippen molar-refractivity contribution in [3.05, 3.63) is 12.2 Å². The Morgan fingerprint density at radius 1 is 1.00 bits per heavy atom. The molecule has 1 amide bonds. The van der Waals surface area contributed by atoms with Crippen molar-refractivity contribution >= 4 is 22.9 Å². The maximum absolute atomic E-state index is 13.0. The molecule has 7 nitrogen and oxygen atoms in total. The van der Waals surface area contributed by atoms with Crippen molar-refractivity contribution in [2.45, 2.75) is 84.2 Å². The number of hydrogen-bond donors (Lipinski definition) is 1. The molecule has 0 radical (unpaired) electrons. The zero-order valence-electron chi connectivity index (χ0n) is 19.0. The molecule has 2 aromatic rings. The summed E-state index contributed by atoms with van der Waals surface area (Å²) in [7, 11) is 0. The summed E-state index contributed by atoms with van der Waals surface area (Å²) in [5, 5.41) is 3.39. The Labute approximate surface area is 185 Å². The first-order valence-electron chi connectivity index (χ1n) is 12.4. The van der Waals surface area contributed by atoms with E-state index >= 15 is 0 Å². The number of aryl methyl sites for hydroxylation is 2. The highest BCUT2D eigenvalue weighted by Gasteiger charge is 2.32. The van der Waals surface area contributed by atoms with Gasteiger partial charge in [-0.1, -0.05) is 33.1 Å². The largest absolute Gasteiger partial charge is 0.355 e. The number of aromatic nitrogens is 4. The van der Waals surface area contributed by atoms with Gasteiger partial charge in [-0.25, -0.2) is 15.0 Å². The number of fused-ring (bicyclic) bond motifs is 3. The van der Waals surface area contributed by atoms with E-state index < -0.39 is 0 Å². The van der Waals surface area contributed by atoms with E-state index in [9.17, 15) is 4.79 Å². The standard InChI is InChI=1S/C24H36N6O/c1-16-7-6-8-19(17(16)2)27-24(31)18-10-13-29(14-11-18)22-21-23(26-15-25-22)30-12-5-3-4-9-20(30)28-21/h15-19H,3-14H2,1-2H3,(H,27,31)/t16-,17+,19-/m1/s1. The van der Waals surface area contributed by atoms with Gasteiger partial charge < -0.3 is 14.8 Å². The number of imidazole rings is 1. The van der Waals surface area contributed by atoms with Crippen LogP contribution in [0.15, 0.2) is 6.33 Å². The van der Waals surface area contributed by atoms with E-state index in [0.717, 1.165) is 68.1 Å². The molecule has 0 bridgehead atoms. The average molecular weight is 425 g/mol. The molecule has 1 saturated carbocycles. The first-order valence-corrected chi connectivity index (χ1v) is 12.4. The zero-order chi connectivity index (χ0) is 21.4. The molecular formula is C24H36N6O. The number of hydrogen-bond acceptors (Lipinski definition) is 5. The van der Waals surface area contributed by atoms with Crippen LogP contribution in [0.2, 0.25) is 0 Å². The lowest BCUT2D eigenvalue weighted by molar-refractivity contribution is -0.127. The highest BCUT2D eigenvalue weighted by atomic mass is 16.2. The number of rotatable bonds is 3. The number of amides is 1. The molecule has 1 N–H and O–H groups in total. The molecule has 0 spiro atoms. The van der Waals surface area contributed by atoms with E-state index in [2.05, 4.69) is 38.6 Å². The predicted molar refractivity (Wildman–Crippen MR) is 122 cm³/mol. The molecule has 31 heavy (non-hydrogen) atoms. The third kappa shape index (κ3) is 4.03. The minimum absolute atomic E-state index is 0.108. The number of piperidine rings is 1. The lowest BCUT2D eigenvalue weighted by Gasteiger charge is -2.37. The van der Waals surface area contributed by atoms with E-state index in [0.29, 0.717) is 17.9 Å². The Hall–Kier alpha value is -2.18. The van der Waals surface area contributed by atoms with Crippen molar-refractivity contribution in [3.8, 4) is 0 Å². The SMILES string of the molecule is C[C@H]1[C@H](C)CCC[C@H]1NC(=O)C1CCN(c2ncnc3c2nc2n3CCCCC2)CC1. The minimum Gasteiger partial charge on any atom is -0.355 e. The number of carbonyl (C=O) groups excluding carboxylic acids is 1. The molecule has 0 unspecified atom stereocenters. The Balaban J connectivity index is 1.25. The van der Waals surface area contributed by atoms with Gasteiger partial charge in [0.05, 0.1) is 0 Å². The van der Waals surface area contributed by atoms with Crippen LogP contribution in [-0.4, -0.2) is 44.6 Å². The first kappa shape index (κ1) is 20.7. The van der Waals surface area contributed by atoms with Crippen LogP contribution >= 0.6 is 0 Å². The van der Waals surface area contributed by atoms with Gasteiger partial charge in [-0.05, 0) is 43.9 Å². The van der Waals surface area contributed by atoms with Crippen molar-refractivity contribution in [1.29, 1.82) is 0 Å². The molecule has 4 heterocycles. The fourth-order valence-electron chi connectivity index (χ4n) is 5.80. The van der Waals surface area contributed by atoms with Gasteiger partial charge in [0, 0.05) is 38.0 Å². The van der Waals surface area contributed by atoms with E-state index in [1.807, 2.05) is 0 Å². The van der Waals surface area contributed by atoms with Gasteiger partial charge in [0.15, 0.2) is 17.0 Å². The molecule has 1 saturated heterocycles. The Morgan fingerprint density at radius 2 is 1.84 bits per heavy atom. The molecule has 1 aliphatic carbocycles. The normalized spacial score (nSPS) is 27.7. The van der Waals surface area contributed by atoms with Crippen LogP contribution in [0.5, 0.6) is 0 Å². The fourth-order valence-corrected chi connectivity index (χ4v) is 5.80.